The fraction of sp³-hybridized carbons (Fsp3) is 0.263. The molecule has 0 unspecified atom stereocenters. The molecule has 1 aromatic heterocycles. The van der Waals surface area contributed by atoms with E-state index in [9.17, 15) is 9.59 Å². The molecule has 0 saturated heterocycles. The third-order valence-electron chi connectivity index (χ3n) is 4.27. The Morgan fingerprint density at radius 2 is 1.75 bits per heavy atom. The summed E-state index contributed by atoms with van der Waals surface area (Å²) in [5.74, 6) is -0.351. The molecule has 3 N–H and O–H groups in total. The second-order valence-electron chi connectivity index (χ2n) is 7.12. The summed E-state index contributed by atoms with van der Waals surface area (Å²) in [4.78, 5) is 27.7. The van der Waals surface area contributed by atoms with Crippen LogP contribution in [-0.2, 0) is 5.41 Å². The van der Waals surface area contributed by atoms with E-state index in [2.05, 4.69) is 25.8 Å². The molecule has 0 saturated carbocycles. The number of nitrogen functional groups attached to an aromatic ring is 1. The minimum Gasteiger partial charge on any atom is -0.398 e. The number of aromatic nitrogens is 2. The summed E-state index contributed by atoms with van der Waals surface area (Å²) < 4.78 is 1.16. The van der Waals surface area contributed by atoms with Gasteiger partial charge in [-0.05, 0) is 47.7 Å². The number of imidazole rings is 1. The molecule has 0 radical (unpaired) electrons. The van der Waals surface area contributed by atoms with Crippen LogP contribution in [-0.4, -0.2) is 15.5 Å². The van der Waals surface area contributed by atoms with Crippen LogP contribution in [0.5, 0.6) is 0 Å². The van der Waals surface area contributed by atoms with Gasteiger partial charge in [0.2, 0.25) is 0 Å². The number of aryl methyl sites for hydroxylation is 1. The molecule has 1 heterocycles. The number of aromatic amines is 1. The molecule has 3 rings (SSSR count). The zero-order valence-electron chi connectivity index (χ0n) is 14.3. The van der Waals surface area contributed by atoms with Crippen molar-refractivity contribution >= 4 is 22.6 Å². The highest BCUT2D eigenvalue weighted by Gasteiger charge is 2.18. The molecule has 0 amide bonds. The molecule has 0 spiro atoms. The molecule has 124 valence electrons. The van der Waals surface area contributed by atoms with Gasteiger partial charge in [-0.2, -0.15) is 0 Å². The maximum atomic E-state index is 12.8. The lowest BCUT2D eigenvalue weighted by Crippen LogP contribution is -2.25. The van der Waals surface area contributed by atoms with Gasteiger partial charge in [0.15, 0.2) is 0 Å². The predicted octanol–water partition coefficient (Wildman–Crippen LogP) is 3.21. The number of nitrogens with one attached hydrogen (secondary N) is 1. The predicted molar refractivity (Wildman–Crippen MR) is 96.6 cm³/mol. The number of carbonyl (C=O) groups excluding carboxylic acids is 1. The van der Waals surface area contributed by atoms with Gasteiger partial charge < -0.3 is 10.7 Å². The van der Waals surface area contributed by atoms with E-state index < -0.39 is 5.69 Å². The third-order valence-corrected chi connectivity index (χ3v) is 4.27. The molecule has 0 bridgehead atoms. The Hall–Kier alpha value is -2.82. The monoisotopic (exact) mass is 323 g/mol. The largest absolute Gasteiger partial charge is 0.398 e. The SMILES string of the molecule is Cc1cc2c(cc1N)[nH]c(=O)n2C(=O)c1ccc(C(C)(C)C)cc1. The molecular formula is C19H21N3O2. The van der Waals surface area contributed by atoms with Gasteiger partial charge in [0, 0.05) is 11.3 Å². The summed E-state index contributed by atoms with van der Waals surface area (Å²) in [5, 5.41) is 0. The van der Waals surface area contributed by atoms with Crippen molar-refractivity contribution in [3.8, 4) is 0 Å². The highest BCUT2D eigenvalue weighted by atomic mass is 16.2. The summed E-state index contributed by atoms with van der Waals surface area (Å²) in [7, 11) is 0. The second kappa shape index (κ2) is 5.37. The number of H-pyrrole nitrogens is 1. The quantitative estimate of drug-likeness (QED) is 0.675. The van der Waals surface area contributed by atoms with Crippen LogP contribution in [0.2, 0.25) is 0 Å². The summed E-state index contributed by atoms with van der Waals surface area (Å²) in [6.45, 7) is 8.18. The van der Waals surface area contributed by atoms with E-state index in [1.54, 1.807) is 24.3 Å². The molecule has 24 heavy (non-hydrogen) atoms. The van der Waals surface area contributed by atoms with Crippen LogP contribution < -0.4 is 11.4 Å². The molecule has 5 heteroatoms. The van der Waals surface area contributed by atoms with Crippen molar-refractivity contribution in [2.75, 3.05) is 5.73 Å². The van der Waals surface area contributed by atoms with Gasteiger partial charge in [0.25, 0.3) is 5.91 Å². The summed E-state index contributed by atoms with van der Waals surface area (Å²) in [6.07, 6.45) is 0. The number of fused-ring (bicyclic) bond motifs is 1. The van der Waals surface area contributed by atoms with Crippen LogP contribution in [0.4, 0.5) is 5.69 Å². The number of rotatable bonds is 1. The zero-order chi connectivity index (χ0) is 17.6. The second-order valence-corrected chi connectivity index (χ2v) is 7.12. The number of carbonyl (C=O) groups is 1. The highest BCUT2D eigenvalue weighted by molar-refractivity contribution is 6.01. The Balaban J connectivity index is 2.10. The first-order valence-electron chi connectivity index (χ1n) is 7.84. The first-order valence-corrected chi connectivity index (χ1v) is 7.84. The Kier molecular flexibility index (Phi) is 3.59. The normalized spacial score (nSPS) is 11.8. The average Bonchev–Trinajstić information content (AvgIpc) is 2.81. The van der Waals surface area contributed by atoms with E-state index in [0.717, 1.165) is 15.7 Å². The first kappa shape index (κ1) is 16.1. The van der Waals surface area contributed by atoms with Gasteiger partial charge in [-0.1, -0.05) is 32.9 Å². The van der Waals surface area contributed by atoms with Gasteiger partial charge in [-0.3, -0.25) is 4.79 Å². The zero-order valence-corrected chi connectivity index (χ0v) is 14.3. The molecule has 3 aromatic rings. The number of hydrogen-bond acceptors (Lipinski definition) is 3. The number of benzene rings is 2. The Morgan fingerprint density at radius 1 is 1.12 bits per heavy atom. The first-order chi connectivity index (χ1) is 11.2. The Morgan fingerprint density at radius 3 is 2.33 bits per heavy atom. The van der Waals surface area contributed by atoms with E-state index in [0.29, 0.717) is 22.3 Å². The van der Waals surface area contributed by atoms with Crippen LogP contribution >= 0.6 is 0 Å². The topological polar surface area (TPSA) is 80.9 Å². The van der Waals surface area contributed by atoms with Gasteiger partial charge in [0.05, 0.1) is 11.0 Å². The maximum Gasteiger partial charge on any atom is 0.333 e. The molecule has 0 fully saturated rings. The van der Waals surface area contributed by atoms with Crippen molar-refractivity contribution in [2.45, 2.75) is 33.1 Å². The molecular weight excluding hydrogens is 302 g/mol. The van der Waals surface area contributed by atoms with Crippen molar-refractivity contribution < 1.29 is 4.79 Å². The molecule has 5 nitrogen and oxygen atoms in total. The van der Waals surface area contributed by atoms with Gasteiger partial charge in [0.1, 0.15) is 0 Å². The molecule has 0 aliphatic heterocycles. The summed E-state index contributed by atoms with van der Waals surface area (Å²) in [5.41, 5.74) is 9.53. The smallest absolute Gasteiger partial charge is 0.333 e. The minimum absolute atomic E-state index is 0.00777. The van der Waals surface area contributed by atoms with Crippen molar-refractivity contribution in [1.82, 2.24) is 9.55 Å². The van der Waals surface area contributed by atoms with Crippen molar-refractivity contribution in [3.05, 3.63) is 63.6 Å². The average molecular weight is 323 g/mol. The van der Waals surface area contributed by atoms with Crippen molar-refractivity contribution in [3.63, 3.8) is 0 Å². The Labute approximate surface area is 140 Å². The highest BCUT2D eigenvalue weighted by Crippen LogP contribution is 2.23. The molecule has 0 atom stereocenters. The van der Waals surface area contributed by atoms with Crippen molar-refractivity contribution in [1.29, 1.82) is 0 Å². The van der Waals surface area contributed by atoms with E-state index in [-0.39, 0.29) is 11.3 Å². The summed E-state index contributed by atoms with van der Waals surface area (Å²) in [6, 6.07) is 10.8. The van der Waals surface area contributed by atoms with E-state index >= 15 is 0 Å². The fourth-order valence-electron chi connectivity index (χ4n) is 2.72. The van der Waals surface area contributed by atoms with Gasteiger partial charge in [-0.25, -0.2) is 9.36 Å². The van der Waals surface area contributed by atoms with Crippen LogP contribution in [0.25, 0.3) is 11.0 Å². The lowest BCUT2D eigenvalue weighted by Gasteiger charge is -2.19. The third kappa shape index (κ3) is 2.62. The number of nitrogens with zero attached hydrogens (tertiary/aromatic N) is 1. The molecule has 2 aromatic carbocycles. The number of anilines is 1. The van der Waals surface area contributed by atoms with Crippen LogP contribution in [0, 0.1) is 6.92 Å². The maximum absolute atomic E-state index is 12.8. The van der Waals surface area contributed by atoms with E-state index in [1.165, 1.54) is 0 Å². The van der Waals surface area contributed by atoms with Gasteiger partial charge in [-0.15, -0.1) is 0 Å². The standard InChI is InChI=1S/C19H21N3O2/c1-11-9-16-15(10-14(11)20)21-18(24)22(16)17(23)12-5-7-13(8-6-12)19(2,3)4/h5-10H,20H2,1-4H3,(H,21,24). The minimum atomic E-state index is -0.458. The van der Waals surface area contributed by atoms with Crippen LogP contribution in [0.3, 0.4) is 0 Å². The van der Waals surface area contributed by atoms with Crippen LogP contribution in [0.15, 0.2) is 41.2 Å². The van der Waals surface area contributed by atoms with Crippen molar-refractivity contribution in [2.24, 2.45) is 0 Å². The summed E-state index contributed by atoms with van der Waals surface area (Å²) >= 11 is 0. The number of hydrogen-bond donors (Lipinski definition) is 2. The Bertz CT molecular complexity index is 986. The molecule has 0 aliphatic rings. The lowest BCUT2D eigenvalue weighted by molar-refractivity contribution is 0.0961. The fourth-order valence-corrected chi connectivity index (χ4v) is 2.72. The van der Waals surface area contributed by atoms with Crippen LogP contribution in [0.1, 0.15) is 42.3 Å². The van der Waals surface area contributed by atoms with E-state index in [4.69, 9.17) is 5.73 Å². The molecule has 0 aliphatic carbocycles. The van der Waals surface area contributed by atoms with E-state index in [1.807, 2.05) is 19.1 Å². The number of nitrogens with two attached hydrogens (primary N) is 1. The van der Waals surface area contributed by atoms with Gasteiger partial charge >= 0.3 is 5.69 Å². The lowest BCUT2D eigenvalue weighted by atomic mass is 9.87.